The fourth-order valence-electron chi connectivity index (χ4n) is 2.56. The highest BCUT2D eigenvalue weighted by Gasteiger charge is 2.18. The number of benzene rings is 1. The molecule has 0 amide bonds. The van der Waals surface area contributed by atoms with E-state index in [1.807, 2.05) is 32.9 Å². The Bertz CT molecular complexity index is 704. The van der Waals surface area contributed by atoms with Crippen LogP contribution in [0.3, 0.4) is 0 Å². The summed E-state index contributed by atoms with van der Waals surface area (Å²) < 4.78 is 0. The molecule has 0 bridgehead atoms. The molecule has 5 heteroatoms. The Morgan fingerprint density at radius 3 is 2.70 bits per heavy atom. The van der Waals surface area contributed by atoms with E-state index in [9.17, 15) is 9.59 Å². The molecular formula is C18H25N3O2. The summed E-state index contributed by atoms with van der Waals surface area (Å²) in [5.41, 5.74) is 9.45. The van der Waals surface area contributed by atoms with Gasteiger partial charge >= 0.3 is 0 Å². The highest BCUT2D eigenvalue weighted by atomic mass is 16.1. The van der Waals surface area contributed by atoms with Gasteiger partial charge in [0.1, 0.15) is 6.29 Å². The van der Waals surface area contributed by atoms with Gasteiger partial charge in [0.2, 0.25) is 0 Å². The van der Waals surface area contributed by atoms with E-state index in [-0.39, 0.29) is 17.7 Å². The molecule has 5 nitrogen and oxygen atoms in total. The number of carbonyl (C=O) groups is 2. The van der Waals surface area contributed by atoms with Gasteiger partial charge in [0.05, 0.1) is 11.7 Å². The molecule has 1 atom stereocenters. The van der Waals surface area contributed by atoms with Gasteiger partial charge in [-0.3, -0.25) is 4.79 Å². The molecule has 4 N–H and O–H groups in total. The third-order valence-electron chi connectivity index (χ3n) is 4.04. The van der Waals surface area contributed by atoms with Crippen molar-refractivity contribution >= 4 is 28.7 Å². The zero-order chi connectivity index (χ0) is 17.0. The first-order valence-corrected chi connectivity index (χ1v) is 8.11. The van der Waals surface area contributed by atoms with E-state index < -0.39 is 0 Å². The average molecular weight is 315 g/mol. The van der Waals surface area contributed by atoms with Crippen molar-refractivity contribution in [3.05, 3.63) is 29.5 Å². The van der Waals surface area contributed by atoms with Crippen LogP contribution in [0.4, 0.5) is 5.69 Å². The van der Waals surface area contributed by atoms with Crippen molar-refractivity contribution in [3.63, 3.8) is 0 Å². The second-order valence-corrected chi connectivity index (χ2v) is 6.14. The number of nitrogens with one attached hydrogen (secondary N) is 2. The van der Waals surface area contributed by atoms with Crippen LogP contribution in [-0.2, 0) is 11.2 Å². The number of rotatable bonds is 4. The smallest absolute Gasteiger partial charge is 0.181 e. The second-order valence-electron chi connectivity index (χ2n) is 6.14. The molecule has 1 aliphatic heterocycles. The van der Waals surface area contributed by atoms with Crippen molar-refractivity contribution in [2.24, 2.45) is 11.7 Å². The molecule has 0 fully saturated rings. The van der Waals surface area contributed by atoms with E-state index in [4.69, 9.17) is 5.73 Å². The van der Waals surface area contributed by atoms with Crippen LogP contribution in [0.25, 0.3) is 10.9 Å². The van der Waals surface area contributed by atoms with Gasteiger partial charge in [0.25, 0.3) is 0 Å². The summed E-state index contributed by atoms with van der Waals surface area (Å²) in [5.74, 6) is 0.218. The highest BCUT2D eigenvalue weighted by Crippen LogP contribution is 2.31. The van der Waals surface area contributed by atoms with Gasteiger partial charge < -0.3 is 20.8 Å². The molecule has 23 heavy (non-hydrogen) atoms. The number of nitrogens with two attached hydrogens (primary N) is 1. The average Bonchev–Trinajstić information content (AvgIpc) is 3.19. The van der Waals surface area contributed by atoms with Crippen LogP contribution in [0.1, 0.15) is 43.2 Å². The van der Waals surface area contributed by atoms with Gasteiger partial charge in [-0.2, -0.15) is 0 Å². The Morgan fingerprint density at radius 2 is 2.13 bits per heavy atom. The van der Waals surface area contributed by atoms with E-state index in [0.717, 1.165) is 36.9 Å². The van der Waals surface area contributed by atoms with E-state index in [0.29, 0.717) is 0 Å². The molecule has 1 aliphatic rings. The summed E-state index contributed by atoms with van der Waals surface area (Å²) in [5, 5.41) is 4.55. The summed E-state index contributed by atoms with van der Waals surface area (Å²) in [6, 6.07) is 5.89. The third kappa shape index (κ3) is 3.79. The molecule has 1 unspecified atom stereocenters. The summed E-state index contributed by atoms with van der Waals surface area (Å²) in [7, 11) is 0. The molecule has 0 saturated heterocycles. The fourth-order valence-corrected chi connectivity index (χ4v) is 2.56. The number of hydrogen-bond acceptors (Lipinski definition) is 4. The Morgan fingerprint density at radius 1 is 1.39 bits per heavy atom. The Kier molecular flexibility index (Phi) is 5.55. The number of fused-ring (bicyclic) bond motifs is 3. The van der Waals surface area contributed by atoms with Crippen LogP contribution in [0, 0.1) is 5.92 Å². The maximum atomic E-state index is 12.0. The third-order valence-corrected chi connectivity index (χ3v) is 4.04. The lowest BCUT2D eigenvalue weighted by Gasteiger charge is -1.99. The summed E-state index contributed by atoms with van der Waals surface area (Å²) in [6.07, 6.45) is 2.53. The number of H-pyrrole nitrogens is 1. The van der Waals surface area contributed by atoms with Crippen LogP contribution in [0.5, 0.6) is 0 Å². The number of hydrogen-bond donors (Lipinski definition) is 3. The zero-order valence-corrected chi connectivity index (χ0v) is 14.0. The fraction of sp³-hybridized carbons (Fsp3) is 0.444. The SMILES string of the molecule is CC(C)C(=O)c1cc2c3c(ccc2[nH]1)NCC3.CCC(N)C=O. The Labute approximate surface area is 136 Å². The van der Waals surface area contributed by atoms with Crippen LogP contribution >= 0.6 is 0 Å². The molecule has 3 rings (SSSR count). The van der Waals surface area contributed by atoms with Crippen molar-refractivity contribution in [1.29, 1.82) is 0 Å². The standard InChI is InChI=1S/C14H16N2O.C4H9NO/c1-8(2)14(17)13-7-10-9-5-6-15-11(9)3-4-12(10)16-13;1-2-4(5)3-6/h3-4,7-8,15-16H,5-6H2,1-2H3;3-4H,2,5H2,1H3. The molecular weight excluding hydrogens is 290 g/mol. The van der Waals surface area contributed by atoms with Crippen LogP contribution in [-0.4, -0.2) is 29.6 Å². The summed E-state index contributed by atoms with van der Waals surface area (Å²) in [4.78, 5) is 24.8. The topological polar surface area (TPSA) is 88.0 Å². The molecule has 0 radical (unpaired) electrons. The molecule has 1 aromatic heterocycles. The van der Waals surface area contributed by atoms with Gasteiger partial charge in [-0.1, -0.05) is 20.8 Å². The Balaban J connectivity index is 0.000000277. The van der Waals surface area contributed by atoms with Crippen molar-refractivity contribution < 1.29 is 9.59 Å². The maximum Gasteiger partial charge on any atom is 0.181 e. The number of aromatic nitrogens is 1. The second kappa shape index (κ2) is 7.42. The highest BCUT2D eigenvalue weighted by molar-refractivity contribution is 6.02. The zero-order valence-electron chi connectivity index (χ0n) is 14.0. The van der Waals surface area contributed by atoms with Gasteiger partial charge in [-0.15, -0.1) is 0 Å². The number of anilines is 1. The van der Waals surface area contributed by atoms with Crippen LogP contribution < -0.4 is 11.1 Å². The number of carbonyl (C=O) groups excluding carboxylic acids is 2. The molecule has 2 aromatic rings. The van der Waals surface area contributed by atoms with Crippen molar-refractivity contribution in [3.8, 4) is 0 Å². The number of Topliss-reactive ketones (excluding diaryl/α,β-unsaturated/α-hetero) is 1. The predicted molar refractivity (Wildman–Crippen MR) is 94.0 cm³/mol. The van der Waals surface area contributed by atoms with Gasteiger partial charge in [-0.25, -0.2) is 0 Å². The molecule has 0 aliphatic carbocycles. The molecule has 1 aromatic carbocycles. The van der Waals surface area contributed by atoms with Crippen LogP contribution in [0.15, 0.2) is 18.2 Å². The minimum Gasteiger partial charge on any atom is -0.384 e. The summed E-state index contributed by atoms with van der Waals surface area (Å²) >= 11 is 0. The van der Waals surface area contributed by atoms with Gasteiger partial charge in [0.15, 0.2) is 5.78 Å². The number of aldehydes is 1. The van der Waals surface area contributed by atoms with E-state index in [1.165, 1.54) is 16.6 Å². The number of aromatic amines is 1. The first kappa shape index (κ1) is 17.2. The lowest BCUT2D eigenvalue weighted by molar-refractivity contribution is -0.108. The van der Waals surface area contributed by atoms with Crippen molar-refractivity contribution in [1.82, 2.24) is 4.98 Å². The number of ketones is 1. The van der Waals surface area contributed by atoms with E-state index >= 15 is 0 Å². The van der Waals surface area contributed by atoms with Gasteiger partial charge in [0, 0.05) is 29.1 Å². The minimum absolute atomic E-state index is 0.0363. The first-order valence-electron chi connectivity index (χ1n) is 8.11. The van der Waals surface area contributed by atoms with Crippen molar-refractivity contribution in [2.45, 2.75) is 39.7 Å². The van der Waals surface area contributed by atoms with E-state index in [2.05, 4.69) is 16.4 Å². The normalized spacial score (nSPS) is 14.0. The quantitative estimate of drug-likeness (QED) is 0.598. The lowest BCUT2D eigenvalue weighted by Crippen LogP contribution is -2.19. The predicted octanol–water partition coefficient (Wildman–Crippen LogP) is 2.90. The summed E-state index contributed by atoms with van der Waals surface area (Å²) in [6.45, 7) is 6.73. The van der Waals surface area contributed by atoms with Crippen molar-refractivity contribution in [2.75, 3.05) is 11.9 Å². The molecule has 2 heterocycles. The largest absolute Gasteiger partial charge is 0.384 e. The molecule has 0 saturated carbocycles. The Hall–Kier alpha value is -2.14. The van der Waals surface area contributed by atoms with E-state index in [1.54, 1.807) is 0 Å². The maximum absolute atomic E-state index is 12.0. The van der Waals surface area contributed by atoms with Gasteiger partial charge in [-0.05, 0) is 36.6 Å². The van der Waals surface area contributed by atoms with Crippen LogP contribution in [0.2, 0.25) is 0 Å². The molecule has 124 valence electrons. The first-order chi connectivity index (χ1) is 11.0. The minimum atomic E-state index is -0.245. The monoisotopic (exact) mass is 315 g/mol. The molecule has 0 spiro atoms. The lowest BCUT2D eigenvalue weighted by atomic mass is 10.0.